The van der Waals surface area contributed by atoms with E-state index in [0.29, 0.717) is 0 Å². The van der Waals surface area contributed by atoms with Crippen LogP contribution in [0.1, 0.15) is 22.3 Å². The summed E-state index contributed by atoms with van der Waals surface area (Å²) in [6.45, 7) is 0. The summed E-state index contributed by atoms with van der Waals surface area (Å²) in [6.07, 6.45) is 0.905. The van der Waals surface area contributed by atoms with Crippen molar-refractivity contribution in [2.24, 2.45) is 0 Å². The van der Waals surface area contributed by atoms with E-state index in [1.165, 1.54) is 22.3 Å². The van der Waals surface area contributed by atoms with Gasteiger partial charge in [-0.3, -0.25) is 0 Å². The third kappa shape index (κ3) is 3.81. The molecule has 0 saturated carbocycles. The molecule has 4 rings (SSSR count). The molecule has 0 aromatic heterocycles. The van der Waals surface area contributed by atoms with Crippen LogP contribution in [0.25, 0.3) is 0 Å². The van der Waals surface area contributed by atoms with Gasteiger partial charge < -0.3 is 0 Å². The number of benzene rings is 4. The van der Waals surface area contributed by atoms with Crippen molar-refractivity contribution in [3.63, 3.8) is 0 Å². The highest BCUT2D eigenvalue weighted by molar-refractivity contribution is 7.40. The van der Waals surface area contributed by atoms with Crippen molar-refractivity contribution in [2.45, 2.75) is 16.7 Å². The molecular formula is C27H26P2. The second kappa shape index (κ2) is 8.62. The van der Waals surface area contributed by atoms with Gasteiger partial charge in [0.15, 0.2) is 0 Å². The Hall–Kier alpha value is -2.26. The molecule has 2 atom stereocenters. The first-order chi connectivity index (χ1) is 14.1. The molecule has 2 heteroatoms. The van der Waals surface area contributed by atoms with E-state index in [1.807, 2.05) is 0 Å². The van der Waals surface area contributed by atoms with Crippen LogP contribution in [-0.4, -0.2) is 4.90 Å². The van der Waals surface area contributed by atoms with Crippen molar-refractivity contribution in [3.8, 4) is 0 Å². The van der Waals surface area contributed by atoms with Crippen LogP contribution in [0.2, 0.25) is 0 Å². The predicted molar refractivity (Wildman–Crippen MR) is 132 cm³/mol. The van der Waals surface area contributed by atoms with Crippen molar-refractivity contribution in [1.29, 1.82) is 0 Å². The van der Waals surface area contributed by atoms with Crippen molar-refractivity contribution in [2.75, 3.05) is 0 Å². The monoisotopic (exact) mass is 412 g/mol. The van der Waals surface area contributed by atoms with Crippen LogP contribution >= 0.6 is 18.5 Å². The fourth-order valence-corrected chi connectivity index (χ4v) is 5.91. The quantitative estimate of drug-likeness (QED) is 0.244. The Morgan fingerprint density at radius 1 is 0.448 bits per heavy atom. The van der Waals surface area contributed by atoms with Crippen LogP contribution in [0.5, 0.6) is 0 Å². The summed E-state index contributed by atoms with van der Waals surface area (Å²) in [6, 6.07) is 43.4. The summed E-state index contributed by atoms with van der Waals surface area (Å²) in [5.74, 6) is 0. The van der Waals surface area contributed by atoms with Gasteiger partial charge in [0.2, 0.25) is 0 Å². The molecule has 0 aliphatic rings. The van der Waals surface area contributed by atoms with E-state index >= 15 is 0 Å². The molecule has 0 spiro atoms. The summed E-state index contributed by atoms with van der Waals surface area (Å²) in [4.78, 5) is -0.238. The van der Waals surface area contributed by atoms with E-state index in [4.69, 9.17) is 0 Å². The highest BCUT2D eigenvalue weighted by Gasteiger charge is 2.49. The van der Waals surface area contributed by atoms with Gasteiger partial charge in [0, 0.05) is 4.90 Å². The van der Waals surface area contributed by atoms with Gasteiger partial charge in [-0.1, -0.05) is 121 Å². The van der Waals surface area contributed by atoms with Crippen LogP contribution < -0.4 is 0 Å². The minimum absolute atomic E-state index is 0.238. The normalized spacial score (nSPS) is 11.9. The van der Waals surface area contributed by atoms with Gasteiger partial charge in [0.1, 0.15) is 0 Å². The van der Waals surface area contributed by atoms with E-state index in [0.717, 1.165) is 6.42 Å². The molecule has 29 heavy (non-hydrogen) atoms. The average Bonchev–Trinajstić information content (AvgIpc) is 2.77. The summed E-state index contributed by atoms with van der Waals surface area (Å²) in [5, 5.41) is 0. The number of hydrogen-bond donors (Lipinski definition) is 0. The largest absolute Gasteiger partial charge is 0.125 e. The molecule has 4 aromatic rings. The van der Waals surface area contributed by atoms with E-state index in [9.17, 15) is 0 Å². The molecule has 0 aliphatic heterocycles. The Balaban J connectivity index is 2.02. The predicted octanol–water partition coefficient (Wildman–Crippen LogP) is 6.71. The van der Waals surface area contributed by atoms with Crippen LogP contribution in [0.3, 0.4) is 0 Å². The maximum atomic E-state index is 3.19. The summed E-state index contributed by atoms with van der Waals surface area (Å²) in [5.41, 5.74) is 4.85. The smallest absolute Gasteiger partial charge is 0.0578 e. The second-order valence-corrected chi connectivity index (χ2v) is 10.3. The Kier molecular flexibility index (Phi) is 5.96. The van der Waals surface area contributed by atoms with E-state index in [2.05, 4.69) is 140 Å². The molecule has 144 valence electrons. The fourth-order valence-electron chi connectivity index (χ4n) is 4.44. The Morgan fingerprint density at radius 2 is 0.759 bits per heavy atom. The third-order valence-electron chi connectivity index (χ3n) is 5.66. The van der Waals surface area contributed by atoms with Crippen LogP contribution in [0.4, 0.5) is 0 Å². The first kappa shape index (κ1) is 20.0. The molecule has 0 aliphatic carbocycles. The van der Waals surface area contributed by atoms with Gasteiger partial charge in [0.05, 0.1) is 5.41 Å². The number of hydrogen-bond acceptors (Lipinski definition) is 0. The minimum atomic E-state index is -0.345. The lowest BCUT2D eigenvalue weighted by Crippen LogP contribution is -2.46. The highest BCUT2D eigenvalue weighted by Crippen LogP contribution is 2.56. The zero-order valence-electron chi connectivity index (χ0n) is 16.4. The highest BCUT2D eigenvalue weighted by atomic mass is 31.1. The average molecular weight is 412 g/mol. The van der Waals surface area contributed by atoms with Gasteiger partial charge in [0.25, 0.3) is 0 Å². The van der Waals surface area contributed by atoms with Crippen LogP contribution in [0.15, 0.2) is 121 Å². The van der Waals surface area contributed by atoms with E-state index in [1.54, 1.807) is 0 Å². The molecular weight excluding hydrogens is 386 g/mol. The Labute approximate surface area is 178 Å². The third-order valence-corrected chi connectivity index (χ3v) is 6.93. The topological polar surface area (TPSA) is 0 Å². The van der Waals surface area contributed by atoms with Gasteiger partial charge in [-0.2, -0.15) is 0 Å². The zero-order valence-corrected chi connectivity index (χ0v) is 18.7. The first-order valence-electron chi connectivity index (χ1n) is 9.93. The molecule has 0 heterocycles. The molecule has 0 amide bonds. The summed E-state index contributed by atoms with van der Waals surface area (Å²) < 4.78 is 0. The lowest BCUT2D eigenvalue weighted by molar-refractivity contribution is 0.538. The summed E-state index contributed by atoms with van der Waals surface area (Å²) >= 11 is 0. The molecule has 2 unspecified atom stereocenters. The van der Waals surface area contributed by atoms with Crippen molar-refractivity contribution in [3.05, 3.63) is 144 Å². The Morgan fingerprint density at radius 3 is 1.10 bits per heavy atom. The fraction of sp³-hybridized carbons (Fsp3) is 0.111. The first-order valence-corrected chi connectivity index (χ1v) is 11.1. The van der Waals surface area contributed by atoms with Crippen LogP contribution in [-0.2, 0) is 11.8 Å². The molecule has 0 fully saturated rings. The molecule has 0 radical (unpaired) electrons. The van der Waals surface area contributed by atoms with E-state index < -0.39 is 0 Å². The van der Waals surface area contributed by atoms with E-state index in [-0.39, 0.29) is 10.3 Å². The second-order valence-electron chi connectivity index (χ2n) is 7.55. The molecule has 0 N–H and O–H groups in total. The maximum Gasteiger partial charge on any atom is 0.0578 e. The van der Waals surface area contributed by atoms with Gasteiger partial charge >= 0.3 is 0 Å². The lowest BCUT2D eigenvalue weighted by Gasteiger charge is -2.48. The molecule has 4 aromatic carbocycles. The number of rotatable bonds is 6. The van der Waals surface area contributed by atoms with Crippen molar-refractivity contribution >= 4 is 18.5 Å². The van der Waals surface area contributed by atoms with Crippen molar-refractivity contribution in [1.82, 2.24) is 0 Å². The lowest BCUT2D eigenvalue weighted by atomic mass is 9.65. The van der Waals surface area contributed by atoms with Gasteiger partial charge in [-0.25, -0.2) is 0 Å². The van der Waals surface area contributed by atoms with Gasteiger partial charge in [-0.15, -0.1) is 18.5 Å². The van der Waals surface area contributed by atoms with Crippen molar-refractivity contribution < 1.29 is 0 Å². The minimum Gasteiger partial charge on any atom is -0.125 e. The maximum absolute atomic E-state index is 3.19. The standard InChI is InChI=1S/C27H26P2/c28-26(29,21-22-13-5-1-6-14-22)27(23-15-7-2-8-16-23,24-17-9-3-10-18-24)25-19-11-4-12-20-25/h1-20H,21,28-29H2. The molecule has 0 saturated heterocycles. The molecule has 0 nitrogen and oxygen atoms in total. The van der Waals surface area contributed by atoms with Gasteiger partial charge in [-0.05, 0) is 28.7 Å². The Bertz CT molecular complexity index is 930. The zero-order chi connectivity index (χ0) is 20.2. The SMILES string of the molecule is PC(P)(Cc1ccccc1)C(c1ccccc1)(c1ccccc1)c1ccccc1. The summed E-state index contributed by atoms with van der Waals surface area (Å²) in [7, 11) is 6.38. The van der Waals surface area contributed by atoms with Crippen LogP contribution in [0, 0.1) is 0 Å². The molecule has 0 bridgehead atoms.